The molecule has 1 aliphatic heterocycles. The van der Waals surface area contributed by atoms with Crippen LogP contribution < -0.4 is 0 Å². The second-order valence-corrected chi connectivity index (χ2v) is 3.13. The monoisotopic (exact) mass is 189 g/mol. The number of nitrogens with zero attached hydrogens (tertiary/aromatic N) is 1. The lowest BCUT2D eigenvalue weighted by Crippen LogP contribution is -2.22. The zero-order valence-electron chi connectivity index (χ0n) is 7.77. The Labute approximate surface area is 82.9 Å². The van der Waals surface area contributed by atoms with Gasteiger partial charge in [-0.15, -0.1) is 0 Å². The van der Waals surface area contributed by atoms with Crippen LogP contribution >= 0.6 is 0 Å². The molecule has 0 aliphatic carbocycles. The number of ether oxygens (including phenoxy) is 2. The third-order valence-corrected chi connectivity index (χ3v) is 2.24. The van der Waals surface area contributed by atoms with Gasteiger partial charge in [0.05, 0.1) is 31.5 Å². The van der Waals surface area contributed by atoms with Crippen molar-refractivity contribution in [1.29, 1.82) is 5.26 Å². The van der Waals surface area contributed by atoms with Crippen LogP contribution in [0.4, 0.5) is 0 Å². The quantitative estimate of drug-likeness (QED) is 0.674. The predicted molar refractivity (Wildman–Crippen MR) is 50.7 cm³/mol. The Balaban J connectivity index is 2.26. The van der Waals surface area contributed by atoms with Crippen molar-refractivity contribution in [2.75, 3.05) is 19.8 Å². The van der Waals surface area contributed by atoms with Crippen LogP contribution in [0.3, 0.4) is 0 Å². The molecule has 1 aromatic carbocycles. The van der Waals surface area contributed by atoms with Crippen LogP contribution in [0.15, 0.2) is 24.3 Å². The van der Waals surface area contributed by atoms with Gasteiger partial charge in [0.2, 0.25) is 0 Å². The maximum absolute atomic E-state index is 8.90. The van der Waals surface area contributed by atoms with Gasteiger partial charge < -0.3 is 9.47 Å². The van der Waals surface area contributed by atoms with Crippen molar-refractivity contribution in [3.63, 3.8) is 0 Å². The van der Waals surface area contributed by atoms with E-state index in [1.165, 1.54) is 0 Å². The van der Waals surface area contributed by atoms with E-state index in [1.807, 2.05) is 18.2 Å². The van der Waals surface area contributed by atoms with Crippen LogP contribution in [0.1, 0.15) is 17.2 Å². The van der Waals surface area contributed by atoms with E-state index in [9.17, 15) is 0 Å². The number of hydrogen-bond donors (Lipinski definition) is 0. The molecule has 1 fully saturated rings. The Hall–Kier alpha value is -1.37. The molecule has 1 heterocycles. The Morgan fingerprint density at radius 2 is 2.14 bits per heavy atom. The number of nitriles is 1. The van der Waals surface area contributed by atoms with E-state index in [2.05, 4.69) is 6.07 Å². The standard InChI is InChI=1S/C11H11NO2/c12-7-9-3-1-2-4-10(9)11-8-13-5-6-14-11/h1-4,11H,5-6,8H2. The van der Waals surface area contributed by atoms with Gasteiger partial charge in [-0.3, -0.25) is 0 Å². The molecule has 0 N–H and O–H groups in total. The Bertz CT molecular complexity index is 351. The summed E-state index contributed by atoms with van der Waals surface area (Å²) in [4.78, 5) is 0. The van der Waals surface area contributed by atoms with Crippen LogP contribution in [0.2, 0.25) is 0 Å². The van der Waals surface area contributed by atoms with Crippen molar-refractivity contribution in [1.82, 2.24) is 0 Å². The molecule has 0 saturated carbocycles. The maximum Gasteiger partial charge on any atom is 0.107 e. The summed E-state index contributed by atoms with van der Waals surface area (Å²) >= 11 is 0. The van der Waals surface area contributed by atoms with Crippen molar-refractivity contribution >= 4 is 0 Å². The first-order valence-electron chi connectivity index (χ1n) is 4.60. The highest BCUT2D eigenvalue weighted by molar-refractivity contribution is 5.38. The minimum Gasteiger partial charge on any atom is -0.376 e. The van der Waals surface area contributed by atoms with Crippen molar-refractivity contribution < 1.29 is 9.47 Å². The zero-order valence-corrected chi connectivity index (χ0v) is 7.77. The van der Waals surface area contributed by atoms with Crippen LogP contribution in [0.25, 0.3) is 0 Å². The second-order valence-electron chi connectivity index (χ2n) is 3.13. The molecule has 2 rings (SSSR count). The first kappa shape index (κ1) is 9.20. The fourth-order valence-corrected chi connectivity index (χ4v) is 1.55. The molecule has 0 bridgehead atoms. The third kappa shape index (κ3) is 1.77. The molecule has 0 radical (unpaired) electrons. The van der Waals surface area contributed by atoms with Crippen molar-refractivity contribution in [2.24, 2.45) is 0 Å². The Morgan fingerprint density at radius 1 is 1.29 bits per heavy atom. The van der Waals surface area contributed by atoms with Gasteiger partial charge in [-0.2, -0.15) is 5.26 Å². The predicted octanol–water partition coefficient (Wildman–Crippen LogP) is 1.65. The minimum atomic E-state index is -0.0837. The lowest BCUT2D eigenvalue weighted by Gasteiger charge is -2.23. The minimum absolute atomic E-state index is 0.0837. The van der Waals surface area contributed by atoms with Crippen molar-refractivity contribution in [3.05, 3.63) is 35.4 Å². The van der Waals surface area contributed by atoms with Crippen molar-refractivity contribution in [3.8, 4) is 6.07 Å². The molecule has 72 valence electrons. The summed E-state index contributed by atoms with van der Waals surface area (Å²) in [5, 5.41) is 8.90. The van der Waals surface area contributed by atoms with Gasteiger partial charge in [0.25, 0.3) is 0 Å². The van der Waals surface area contributed by atoms with Gasteiger partial charge in [-0.25, -0.2) is 0 Å². The molecule has 14 heavy (non-hydrogen) atoms. The van der Waals surface area contributed by atoms with E-state index in [-0.39, 0.29) is 6.10 Å². The van der Waals surface area contributed by atoms with Crippen LogP contribution in [-0.2, 0) is 9.47 Å². The average molecular weight is 189 g/mol. The fraction of sp³-hybridized carbons (Fsp3) is 0.364. The number of benzene rings is 1. The number of hydrogen-bond acceptors (Lipinski definition) is 3. The molecular weight excluding hydrogens is 178 g/mol. The van der Waals surface area contributed by atoms with Gasteiger partial charge in [-0.1, -0.05) is 18.2 Å². The highest BCUT2D eigenvalue weighted by atomic mass is 16.6. The molecule has 3 heteroatoms. The summed E-state index contributed by atoms with van der Waals surface area (Å²) in [7, 11) is 0. The van der Waals surface area contributed by atoms with Crippen molar-refractivity contribution in [2.45, 2.75) is 6.10 Å². The normalized spacial score (nSPS) is 21.5. The van der Waals surface area contributed by atoms with Gasteiger partial charge in [0.15, 0.2) is 0 Å². The molecule has 0 amide bonds. The van der Waals surface area contributed by atoms with Crippen LogP contribution in [0.5, 0.6) is 0 Å². The first-order valence-corrected chi connectivity index (χ1v) is 4.60. The Kier molecular flexibility index (Phi) is 2.78. The molecule has 1 aliphatic rings. The van der Waals surface area contributed by atoms with Gasteiger partial charge in [0.1, 0.15) is 6.10 Å². The van der Waals surface area contributed by atoms with E-state index in [0.29, 0.717) is 25.4 Å². The molecule has 1 aromatic rings. The topological polar surface area (TPSA) is 42.2 Å². The highest BCUT2D eigenvalue weighted by Gasteiger charge is 2.18. The summed E-state index contributed by atoms with van der Waals surface area (Å²) in [5.74, 6) is 0. The van der Waals surface area contributed by atoms with E-state index >= 15 is 0 Å². The van der Waals surface area contributed by atoms with E-state index < -0.39 is 0 Å². The largest absolute Gasteiger partial charge is 0.376 e. The lowest BCUT2D eigenvalue weighted by atomic mass is 10.0. The fourth-order valence-electron chi connectivity index (χ4n) is 1.55. The second kappa shape index (κ2) is 4.23. The SMILES string of the molecule is N#Cc1ccccc1C1COCCO1. The molecule has 0 aromatic heterocycles. The summed E-state index contributed by atoms with van der Waals surface area (Å²) in [6.07, 6.45) is -0.0837. The van der Waals surface area contributed by atoms with Gasteiger partial charge in [-0.05, 0) is 6.07 Å². The molecule has 3 nitrogen and oxygen atoms in total. The summed E-state index contributed by atoms with van der Waals surface area (Å²) in [6, 6.07) is 9.63. The zero-order chi connectivity index (χ0) is 9.80. The summed E-state index contributed by atoms with van der Waals surface area (Å²) in [6.45, 7) is 1.79. The highest BCUT2D eigenvalue weighted by Crippen LogP contribution is 2.23. The molecule has 0 spiro atoms. The van der Waals surface area contributed by atoms with Gasteiger partial charge >= 0.3 is 0 Å². The Morgan fingerprint density at radius 3 is 2.86 bits per heavy atom. The maximum atomic E-state index is 8.90. The molecule has 1 unspecified atom stereocenters. The summed E-state index contributed by atoms with van der Waals surface area (Å²) in [5.41, 5.74) is 1.60. The van der Waals surface area contributed by atoms with E-state index in [0.717, 1.165) is 5.56 Å². The smallest absolute Gasteiger partial charge is 0.107 e. The third-order valence-electron chi connectivity index (χ3n) is 2.24. The van der Waals surface area contributed by atoms with Gasteiger partial charge in [0, 0.05) is 5.56 Å². The molecule has 1 saturated heterocycles. The average Bonchev–Trinajstić information content (AvgIpc) is 2.30. The van der Waals surface area contributed by atoms with E-state index in [4.69, 9.17) is 14.7 Å². The van der Waals surface area contributed by atoms with E-state index in [1.54, 1.807) is 6.07 Å². The first-order chi connectivity index (χ1) is 6.92. The number of rotatable bonds is 1. The molecule has 1 atom stereocenters. The van der Waals surface area contributed by atoms with Crippen LogP contribution in [0, 0.1) is 11.3 Å². The lowest BCUT2D eigenvalue weighted by molar-refractivity contribution is -0.0902. The molecular formula is C11H11NO2. The summed E-state index contributed by atoms with van der Waals surface area (Å²) < 4.78 is 10.8. The van der Waals surface area contributed by atoms with Crippen LogP contribution in [-0.4, -0.2) is 19.8 Å².